The number of hydrogen-bond acceptors (Lipinski definition) is 4. The van der Waals surface area contributed by atoms with Crippen LogP contribution in [0.4, 0.5) is 0 Å². The smallest absolute Gasteiger partial charge is 0.334 e. The van der Waals surface area contributed by atoms with Crippen molar-refractivity contribution in [3.05, 3.63) is 23.8 Å². The van der Waals surface area contributed by atoms with E-state index in [0.717, 1.165) is 32.1 Å². The first-order valence-electron chi connectivity index (χ1n) is 9.09. The van der Waals surface area contributed by atoms with Gasteiger partial charge in [-0.05, 0) is 52.4 Å². The van der Waals surface area contributed by atoms with Gasteiger partial charge in [0.05, 0.1) is 11.7 Å². The highest BCUT2D eigenvalue weighted by molar-refractivity contribution is 5.98. The number of allylic oxidation sites excluding steroid dienone is 2. The molecule has 1 aliphatic carbocycles. The fourth-order valence-corrected chi connectivity index (χ4v) is 3.99. The van der Waals surface area contributed by atoms with E-state index in [2.05, 4.69) is 26.5 Å². The first-order chi connectivity index (χ1) is 11.3. The zero-order valence-electron chi connectivity index (χ0n) is 15.0. The lowest BCUT2D eigenvalue weighted by molar-refractivity contribution is -0.148. The Morgan fingerprint density at radius 2 is 2.08 bits per heavy atom. The first kappa shape index (κ1) is 17.4. The number of rotatable bonds is 0. The molecular weight excluding hydrogens is 304 g/mol. The summed E-state index contributed by atoms with van der Waals surface area (Å²) in [5.74, 6) is -0.722. The maximum atomic E-state index is 12.8. The molecule has 4 heteroatoms. The van der Waals surface area contributed by atoms with E-state index < -0.39 is 12.1 Å². The Labute approximate surface area is 144 Å². The Morgan fingerprint density at radius 3 is 2.83 bits per heavy atom. The highest BCUT2D eigenvalue weighted by Gasteiger charge is 2.55. The molecule has 0 amide bonds. The van der Waals surface area contributed by atoms with E-state index >= 15 is 0 Å². The van der Waals surface area contributed by atoms with Crippen molar-refractivity contribution in [2.24, 2.45) is 11.8 Å². The first-order valence-corrected chi connectivity index (χ1v) is 9.09. The SMILES string of the molecule is C=C1C(=O)O[C@@H]2C(=O)[C@@H](C)CCCC(C)=CCC[C@@]3(C)O[C@@H]3C[C@@H]12. The maximum absolute atomic E-state index is 12.8. The minimum Gasteiger partial charge on any atom is -0.450 e. The lowest BCUT2D eigenvalue weighted by Gasteiger charge is -2.20. The van der Waals surface area contributed by atoms with Crippen LogP contribution in [0.5, 0.6) is 0 Å². The van der Waals surface area contributed by atoms with Crippen LogP contribution in [0.15, 0.2) is 23.8 Å². The normalized spacial score (nSPS) is 41.0. The molecule has 2 aliphatic heterocycles. The standard InChI is InChI=1S/C20H28O4/c1-12-7-5-9-13(2)17(21)18-15(14(3)19(22)23-18)11-16-20(4,24-16)10-6-8-12/h8,13,15-16,18H,3,5-7,9-11H2,1-2,4H3/t13-,15-,16+,18-,20+/m0/s1. The van der Waals surface area contributed by atoms with Gasteiger partial charge in [-0.2, -0.15) is 0 Å². The van der Waals surface area contributed by atoms with Crippen molar-refractivity contribution < 1.29 is 19.1 Å². The summed E-state index contributed by atoms with van der Waals surface area (Å²) < 4.78 is 11.3. The Kier molecular flexibility index (Phi) is 4.69. The van der Waals surface area contributed by atoms with Gasteiger partial charge in [0.1, 0.15) is 0 Å². The Morgan fingerprint density at radius 1 is 1.33 bits per heavy atom. The van der Waals surface area contributed by atoms with Crippen molar-refractivity contribution in [3.63, 3.8) is 0 Å². The lowest BCUT2D eigenvalue weighted by atomic mass is 9.82. The van der Waals surface area contributed by atoms with Gasteiger partial charge in [0.15, 0.2) is 11.9 Å². The molecule has 0 aromatic heterocycles. The summed E-state index contributed by atoms with van der Waals surface area (Å²) in [5, 5.41) is 0. The fraction of sp³-hybridized carbons (Fsp3) is 0.700. The number of esters is 1. The molecule has 24 heavy (non-hydrogen) atoms. The molecule has 0 aromatic carbocycles. The number of fused-ring (bicyclic) bond motifs is 2. The summed E-state index contributed by atoms with van der Waals surface area (Å²) >= 11 is 0. The highest BCUT2D eigenvalue weighted by atomic mass is 16.6. The zero-order chi connectivity index (χ0) is 17.5. The molecule has 2 heterocycles. The molecule has 0 saturated carbocycles. The van der Waals surface area contributed by atoms with Crippen LogP contribution >= 0.6 is 0 Å². The van der Waals surface area contributed by atoms with Crippen molar-refractivity contribution in [3.8, 4) is 0 Å². The van der Waals surface area contributed by atoms with Crippen LogP contribution in [-0.2, 0) is 19.1 Å². The average molecular weight is 332 g/mol. The van der Waals surface area contributed by atoms with E-state index in [4.69, 9.17) is 9.47 Å². The van der Waals surface area contributed by atoms with Gasteiger partial charge in [0.25, 0.3) is 0 Å². The van der Waals surface area contributed by atoms with Crippen LogP contribution in [0.1, 0.15) is 59.3 Å². The highest BCUT2D eigenvalue weighted by Crippen LogP contribution is 2.47. The zero-order valence-corrected chi connectivity index (χ0v) is 15.0. The van der Waals surface area contributed by atoms with Gasteiger partial charge in [-0.1, -0.05) is 25.2 Å². The minimum absolute atomic E-state index is 0.0352. The molecule has 2 saturated heterocycles. The molecule has 4 nitrogen and oxygen atoms in total. The quantitative estimate of drug-likeness (QED) is 0.293. The molecule has 2 fully saturated rings. The Bertz CT molecular complexity index is 590. The number of Topliss-reactive ketones (excluding diaryl/α,β-unsaturated/α-hetero) is 1. The summed E-state index contributed by atoms with van der Waals surface area (Å²) in [4.78, 5) is 24.8. The van der Waals surface area contributed by atoms with E-state index in [1.165, 1.54) is 5.57 Å². The van der Waals surface area contributed by atoms with E-state index in [0.29, 0.717) is 12.0 Å². The van der Waals surface area contributed by atoms with E-state index in [1.54, 1.807) is 0 Å². The van der Waals surface area contributed by atoms with Gasteiger partial charge < -0.3 is 9.47 Å². The van der Waals surface area contributed by atoms with Crippen molar-refractivity contribution in [1.82, 2.24) is 0 Å². The van der Waals surface area contributed by atoms with E-state index in [-0.39, 0.29) is 29.3 Å². The third-order valence-corrected chi connectivity index (χ3v) is 5.92. The van der Waals surface area contributed by atoms with Crippen LogP contribution in [0.3, 0.4) is 0 Å². The summed E-state index contributed by atoms with van der Waals surface area (Å²) in [6, 6.07) is 0. The second-order valence-corrected chi connectivity index (χ2v) is 7.90. The van der Waals surface area contributed by atoms with Crippen molar-refractivity contribution in [1.29, 1.82) is 0 Å². The Hall–Kier alpha value is -1.42. The number of hydrogen-bond donors (Lipinski definition) is 0. The number of ketones is 1. The number of epoxide rings is 1. The number of carbonyl (C=O) groups is 2. The van der Waals surface area contributed by atoms with Gasteiger partial charge in [0, 0.05) is 17.4 Å². The molecule has 0 N–H and O–H groups in total. The Balaban J connectivity index is 1.81. The summed E-state index contributed by atoms with van der Waals surface area (Å²) in [6.45, 7) is 10.1. The van der Waals surface area contributed by atoms with Crippen LogP contribution in [0, 0.1) is 11.8 Å². The van der Waals surface area contributed by atoms with Crippen molar-refractivity contribution in [2.75, 3.05) is 0 Å². The fourth-order valence-electron chi connectivity index (χ4n) is 3.99. The summed E-state index contributed by atoms with van der Waals surface area (Å²) in [5.41, 5.74) is 1.67. The number of ether oxygens (including phenoxy) is 2. The van der Waals surface area contributed by atoms with E-state index in [1.807, 2.05) is 6.92 Å². The summed E-state index contributed by atoms with van der Waals surface area (Å²) in [6.07, 6.45) is 7.16. The second kappa shape index (κ2) is 6.47. The lowest BCUT2D eigenvalue weighted by Crippen LogP contribution is -2.33. The van der Waals surface area contributed by atoms with Gasteiger partial charge in [-0.3, -0.25) is 4.79 Å². The molecule has 0 radical (unpaired) electrons. The monoisotopic (exact) mass is 332 g/mol. The van der Waals surface area contributed by atoms with Gasteiger partial charge >= 0.3 is 5.97 Å². The van der Waals surface area contributed by atoms with Crippen molar-refractivity contribution in [2.45, 2.75) is 77.1 Å². The van der Waals surface area contributed by atoms with Crippen LogP contribution < -0.4 is 0 Å². The van der Waals surface area contributed by atoms with Crippen LogP contribution in [-0.4, -0.2) is 29.6 Å². The minimum atomic E-state index is -0.673. The average Bonchev–Trinajstić information content (AvgIpc) is 3.08. The van der Waals surface area contributed by atoms with Crippen LogP contribution in [0.25, 0.3) is 0 Å². The molecule has 0 unspecified atom stereocenters. The largest absolute Gasteiger partial charge is 0.450 e. The second-order valence-electron chi connectivity index (χ2n) is 7.90. The molecule has 3 aliphatic rings. The van der Waals surface area contributed by atoms with E-state index in [9.17, 15) is 9.59 Å². The summed E-state index contributed by atoms with van der Waals surface area (Å²) in [7, 11) is 0. The number of carbonyl (C=O) groups excluding carboxylic acids is 2. The third-order valence-electron chi connectivity index (χ3n) is 5.92. The molecule has 3 rings (SSSR count). The molecular formula is C20H28O4. The molecule has 0 bridgehead atoms. The molecule has 0 spiro atoms. The van der Waals surface area contributed by atoms with Crippen molar-refractivity contribution >= 4 is 11.8 Å². The van der Waals surface area contributed by atoms with Gasteiger partial charge in [-0.25, -0.2) is 4.79 Å². The van der Waals surface area contributed by atoms with Gasteiger partial charge in [-0.15, -0.1) is 0 Å². The third kappa shape index (κ3) is 3.34. The molecule has 0 aromatic rings. The maximum Gasteiger partial charge on any atom is 0.334 e. The topological polar surface area (TPSA) is 55.9 Å². The molecule has 132 valence electrons. The van der Waals surface area contributed by atoms with Crippen LogP contribution in [0.2, 0.25) is 0 Å². The predicted octanol–water partition coefficient (Wildman–Crippen LogP) is 3.75. The molecule has 5 atom stereocenters. The van der Waals surface area contributed by atoms with Gasteiger partial charge in [0.2, 0.25) is 0 Å². The predicted molar refractivity (Wildman–Crippen MR) is 91.4 cm³/mol.